The van der Waals surface area contributed by atoms with Gasteiger partial charge in [-0.3, -0.25) is 0 Å². The van der Waals surface area contributed by atoms with E-state index in [0.717, 1.165) is 19.3 Å². The lowest BCUT2D eigenvalue weighted by molar-refractivity contribution is 0.110. The molecule has 8 rings (SSSR count). The first-order chi connectivity index (χ1) is 28.7. The van der Waals surface area contributed by atoms with Crippen molar-refractivity contribution in [2.24, 2.45) is 28.1 Å². The summed E-state index contributed by atoms with van der Waals surface area (Å²) in [6.07, 6.45) is 23.3. The van der Waals surface area contributed by atoms with E-state index in [1.54, 1.807) is 16.7 Å². The summed E-state index contributed by atoms with van der Waals surface area (Å²) < 4.78 is 0. The molecule has 332 valence electrons. The van der Waals surface area contributed by atoms with Gasteiger partial charge in [0.2, 0.25) is 0 Å². The SMILES string of the molecule is CC(C)(C)C1=CC2C(C=C1)B1C3=C(CC(C(C)(C)c4ccc(C(C)(C)C)cc4)C=C3N2c2cccc(C(C)(C)C)c2)N(C2=CCCC(C(C)(C)C)=C2)C2CC(C(C)(C)C)CCC12. The number of nitrogens with zero attached hydrogens (tertiary/aromatic N) is 2. The Labute approximate surface area is 380 Å². The Morgan fingerprint density at radius 2 is 1.32 bits per heavy atom. The molecule has 3 heteroatoms. The molecule has 2 fully saturated rings. The normalized spacial score (nSPS) is 27.2. The van der Waals surface area contributed by atoms with Gasteiger partial charge in [0.05, 0.1) is 6.04 Å². The first kappa shape index (κ1) is 45.1. The molecule has 0 amide bonds. The van der Waals surface area contributed by atoms with Crippen molar-refractivity contribution in [1.82, 2.24) is 4.90 Å². The van der Waals surface area contributed by atoms with Crippen LogP contribution in [-0.4, -0.2) is 23.7 Å². The summed E-state index contributed by atoms with van der Waals surface area (Å²) in [7, 11) is 0. The van der Waals surface area contributed by atoms with Crippen molar-refractivity contribution in [3.63, 3.8) is 0 Å². The molecule has 62 heavy (non-hydrogen) atoms. The van der Waals surface area contributed by atoms with Crippen LogP contribution in [0.5, 0.6) is 0 Å². The molecule has 0 aromatic heterocycles. The van der Waals surface area contributed by atoms with Crippen molar-refractivity contribution in [3.8, 4) is 0 Å². The first-order valence-electron chi connectivity index (χ1n) is 24.7. The topological polar surface area (TPSA) is 6.48 Å². The molecular formula is C59H83BN2. The Bertz CT molecular complexity index is 2230. The highest BCUT2D eigenvalue weighted by Gasteiger charge is 2.58. The molecule has 0 spiro atoms. The van der Waals surface area contributed by atoms with E-state index in [-0.39, 0.29) is 38.5 Å². The molecule has 0 N–H and O–H groups in total. The second-order valence-corrected chi connectivity index (χ2v) is 26.3. The lowest BCUT2D eigenvalue weighted by Gasteiger charge is -2.61. The van der Waals surface area contributed by atoms with Crippen LogP contribution < -0.4 is 4.90 Å². The van der Waals surface area contributed by atoms with E-state index in [2.05, 4.69) is 212 Å². The highest BCUT2D eigenvalue weighted by atomic mass is 15.2. The van der Waals surface area contributed by atoms with Crippen LogP contribution in [0.4, 0.5) is 5.69 Å². The third-order valence-corrected chi connectivity index (χ3v) is 16.7. The van der Waals surface area contributed by atoms with Crippen LogP contribution >= 0.6 is 0 Å². The second kappa shape index (κ2) is 15.3. The van der Waals surface area contributed by atoms with Crippen LogP contribution in [-0.2, 0) is 16.2 Å². The Morgan fingerprint density at radius 1 is 0.661 bits per heavy atom. The summed E-state index contributed by atoms with van der Waals surface area (Å²) in [5, 5.41) is 0. The van der Waals surface area contributed by atoms with E-state index in [1.165, 1.54) is 58.6 Å². The highest BCUT2D eigenvalue weighted by Crippen LogP contribution is 2.61. The Kier molecular flexibility index (Phi) is 11.2. The quantitative estimate of drug-likeness (QED) is 0.283. The summed E-state index contributed by atoms with van der Waals surface area (Å²) in [6, 6.07) is 20.1. The maximum Gasteiger partial charge on any atom is 0.195 e. The molecule has 0 bridgehead atoms. The molecule has 2 aromatic carbocycles. The van der Waals surface area contributed by atoms with Gasteiger partial charge in [-0.2, -0.15) is 0 Å². The fraction of sp³-hybridized carbons (Fsp3) is 0.593. The van der Waals surface area contributed by atoms with E-state index in [4.69, 9.17) is 0 Å². The molecule has 4 aliphatic carbocycles. The third-order valence-electron chi connectivity index (χ3n) is 16.7. The minimum Gasteiger partial charge on any atom is -0.343 e. The van der Waals surface area contributed by atoms with Crippen molar-refractivity contribution in [1.29, 1.82) is 0 Å². The highest BCUT2D eigenvalue weighted by molar-refractivity contribution is 6.73. The van der Waals surface area contributed by atoms with Gasteiger partial charge in [0.15, 0.2) is 6.71 Å². The lowest BCUT2D eigenvalue weighted by Crippen LogP contribution is -2.61. The fourth-order valence-electron chi connectivity index (χ4n) is 12.4. The van der Waals surface area contributed by atoms with Crippen LogP contribution in [0.3, 0.4) is 0 Å². The molecule has 6 atom stereocenters. The maximum atomic E-state index is 3.02. The Balaban J connectivity index is 1.41. The number of hydrogen-bond acceptors (Lipinski definition) is 2. The first-order valence-corrected chi connectivity index (χ1v) is 24.7. The van der Waals surface area contributed by atoms with Gasteiger partial charge in [-0.25, -0.2) is 0 Å². The maximum absolute atomic E-state index is 3.02. The average molecular weight is 831 g/mol. The zero-order valence-corrected chi connectivity index (χ0v) is 42.3. The minimum atomic E-state index is -0.0948. The molecule has 2 aromatic rings. The van der Waals surface area contributed by atoms with Gasteiger partial charge in [-0.1, -0.05) is 203 Å². The van der Waals surface area contributed by atoms with Gasteiger partial charge >= 0.3 is 0 Å². The predicted molar refractivity (Wildman–Crippen MR) is 270 cm³/mol. The molecule has 2 nitrogen and oxygen atoms in total. The smallest absolute Gasteiger partial charge is 0.195 e. The average Bonchev–Trinajstić information content (AvgIpc) is 3.18. The molecular weight excluding hydrogens is 747 g/mol. The van der Waals surface area contributed by atoms with Crippen molar-refractivity contribution in [2.75, 3.05) is 4.90 Å². The molecule has 1 saturated heterocycles. The summed E-state index contributed by atoms with van der Waals surface area (Å²) in [6.45, 7) is 41.7. The fourth-order valence-corrected chi connectivity index (χ4v) is 12.4. The molecule has 2 aliphatic heterocycles. The van der Waals surface area contributed by atoms with Gasteiger partial charge in [0, 0.05) is 28.8 Å². The minimum absolute atomic E-state index is 0.0484. The van der Waals surface area contributed by atoms with Crippen molar-refractivity contribution in [2.45, 2.75) is 196 Å². The van der Waals surface area contributed by atoms with Gasteiger partial charge in [0.25, 0.3) is 0 Å². The molecule has 0 radical (unpaired) electrons. The number of anilines is 1. The van der Waals surface area contributed by atoms with Crippen molar-refractivity contribution >= 4 is 12.4 Å². The van der Waals surface area contributed by atoms with Crippen LogP contribution in [0.1, 0.15) is 173 Å². The van der Waals surface area contributed by atoms with Gasteiger partial charge in [0.1, 0.15) is 0 Å². The lowest BCUT2D eigenvalue weighted by atomic mass is 9.23. The summed E-state index contributed by atoms with van der Waals surface area (Å²) >= 11 is 0. The summed E-state index contributed by atoms with van der Waals surface area (Å²) in [5.41, 5.74) is 15.5. The Morgan fingerprint density at radius 3 is 1.94 bits per heavy atom. The van der Waals surface area contributed by atoms with Gasteiger partial charge in [-0.15, -0.1) is 0 Å². The standard InChI is InChI=1S/C59H83BN2/c1-54(2,3)38-24-26-39(27-25-38)59(16,17)44-36-51-53-52(37-44)62(46-23-19-21-41(33-46)56(7,8)9)50-35-43(58(13,14)15)29-31-48(50)60(53)47-30-28-42(57(10,11)12)34-49(47)61(51)45-22-18-20-40(32-45)55(4,5)6/h18,20,22-28,30,32-34,36,43-44,47-50H,19,21,29,31,35,37H2,1-17H3. The van der Waals surface area contributed by atoms with E-state index in [1.807, 2.05) is 0 Å². The van der Waals surface area contributed by atoms with Crippen LogP contribution in [0.25, 0.3) is 0 Å². The van der Waals surface area contributed by atoms with Crippen LogP contribution in [0, 0.1) is 28.1 Å². The van der Waals surface area contributed by atoms with E-state index in [0.29, 0.717) is 36.2 Å². The van der Waals surface area contributed by atoms with Gasteiger partial charge in [-0.05, 0) is 128 Å². The zero-order valence-electron chi connectivity index (χ0n) is 42.3. The van der Waals surface area contributed by atoms with E-state index < -0.39 is 0 Å². The number of hydrogen-bond donors (Lipinski definition) is 0. The molecule has 1 saturated carbocycles. The van der Waals surface area contributed by atoms with Crippen LogP contribution in [0.2, 0.25) is 11.6 Å². The number of rotatable bonds is 4. The molecule has 6 unspecified atom stereocenters. The zero-order chi connectivity index (χ0) is 45.1. The number of benzene rings is 2. The third kappa shape index (κ3) is 8.12. The molecule has 6 aliphatic rings. The van der Waals surface area contributed by atoms with Crippen molar-refractivity contribution < 1.29 is 0 Å². The largest absolute Gasteiger partial charge is 0.343 e. The van der Waals surface area contributed by atoms with E-state index in [9.17, 15) is 0 Å². The second-order valence-electron chi connectivity index (χ2n) is 26.3. The number of allylic oxidation sites excluding steroid dienone is 8. The number of fused-ring (bicyclic) bond motifs is 4. The summed E-state index contributed by atoms with van der Waals surface area (Å²) in [4.78, 5) is 5.88. The monoisotopic (exact) mass is 831 g/mol. The van der Waals surface area contributed by atoms with E-state index >= 15 is 0 Å². The van der Waals surface area contributed by atoms with Crippen molar-refractivity contribution in [3.05, 3.63) is 135 Å². The predicted octanol–water partition coefficient (Wildman–Crippen LogP) is 16.1. The van der Waals surface area contributed by atoms with Gasteiger partial charge < -0.3 is 9.80 Å². The molecule has 2 heterocycles. The Hall–Kier alpha value is -3.46. The van der Waals surface area contributed by atoms with Crippen LogP contribution in [0.15, 0.2) is 119 Å². The summed E-state index contributed by atoms with van der Waals surface area (Å²) in [5.74, 6) is 1.99.